The zero-order chi connectivity index (χ0) is 25.9. The van der Waals surface area contributed by atoms with E-state index in [1.165, 1.54) is 12.8 Å². The zero-order valence-electron chi connectivity index (χ0n) is 21.4. The molecule has 2 saturated heterocycles. The van der Waals surface area contributed by atoms with E-state index >= 15 is 0 Å². The Morgan fingerprint density at radius 2 is 1.83 bits per heavy atom. The molecule has 2 fully saturated rings. The number of amides is 1. The summed E-state index contributed by atoms with van der Waals surface area (Å²) in [6.45, 7) is 10.1. The number of nitriles is 1. The molecule has 0 radical (unpaired) electrons. The predicted molar refractivity (Wildman–Crippen MR) is 146 cm³/mol. The van der Waals surface area contributed by atoms with E-state index in [4.69, 9.17) is 23.2 Å². The third-order valence-electron chi connectivity index (χ3n) is 7.49. The van der Waals surface area contributed by atoms with Gasteiger partial charge in [0.25, 0.3) is 0 Å². The lowest BCUT2D eigenvalue weighted by atomic mass is 9.63. The summed E-state index contributed by atoms with van der Waals surface area (Å²) in [7, 11) is 0. The minimum Gasteiger partial charge on any atom is -0.353 e. The summed E-state index contributed by atoms with van der Waals surface area (Å²) < 4.78 is 0. The second-order valence-corrected chi connectivity index (χ2v) is 12.2. The topological polar surface area (TPSA) is 68.2 Å². The van der Waals surface area contributed by atoms with Crippen molar-refractivity contribution in [3.8, 4) is 6.07 Å². The van der Waals surface area contributed by atoms with E-state index in [2.05, 4.69) is 42.4 Å². The van der Waals surface area contributed by atoms with Gasteiger partial charge in [-0.2, -0.15) is 5.26 Å². The molecule has 0 spiro atoms. The maximum Gasteiger partial charge on any atom is 0.237 e. The lowest BCUT2D eigenvalue weighted by Crippen LogP contribution is -2.47. The van der Waals surface area contributed by atoms with Crippen molar-refractivity contribution in [1.82, 2.24) is 15.5 Å². The third kappa shape index (κ3) is 5.73. The van der Waals surface area contributed by atoms with E-state index < -0.39 is 17.4 Å². The van der Waals surface area contributed by atoms with Gasteiger partial charge in [0.15, 0.2) is 0 Å². The molecule has 7 heteroatoms. The molecule has 4 unspecified atom stereocenters. The van der Waals surface area contributed by atoms with Crippen LogP contribution in [0.5, 0.6) is 0 Å². The molecule has 192 valence electrons. The molecule has 4 rings (SSSR count). The van der Waals surface area contributed by atoms with E-state index in [0.29, 0.717) is 16.6 Å². The van der Waals surface area contributed by atoms with E-state index in [-0.39, 0.29) is 17.4 Å². The van der Waals surface area contributed by atoms with Gasteiger partial charge in [0, 0.05) is 35.1 Å². The SMILES string of the molecule is CC(C)(C)CC1NC(C(=O)NCCN2CCCC2)C(c2cccc(Cl)c2)C1(C#N)c1ccc(Cl)cc1. The summed E-state index contributed by atoms with van der Waals surface area (Å²) in [5.74, 6) is -0.509. The van der Waals surface area contributed by atoms with Gasteiger partial charge < -0.3 is 15.5 Å². The van der Waals surface area contributed by atoms with Crippen LogP contribution in [-0.4, -0.2) is 49.1 Å². The molecule has 2 aliphatic rings. The smallest absolute Gasteiger partial charge is 0.237 e. The van der Waals surface area contributed by atoms with E-state index in [0.717, 1.165) is 37.2 Å². The molecule has 36 heavy (non-hydrogen) atoms. The Bertz CT molecular complexity index is 1100. The molecular weight excluding hydrogens is 491 g/mol. The summed E-state index contributed by atoms with van der Waals surface area (Å²) in [6, 6.07) is 16.9. The van der Waals surface area contributed by atoms with Crippen LogP contribution in [0.3, 0.4) is 0 Å². The first-order chi connectivity index (χ1) is 17.1. The lowest BCUT2D eigenvalue weighted by Gasteiger charge is -2.37. The van der Waals surface area contributed by atoms with Gasteiger partial charge in [-0.1, -0.05) is 68.2 Å². The van der Waals surface area contributed by atoms with E-state index in [9.17, 15) is 10.1 Å². The first-order valence-corrected chi connectivity index (χ1v) is 13.6. The summed E-state index contributed by atoms with van der Waals surface area (Å²) >= 11 is 12.7. The summed E-state index contributed by atoms with van der Waals surface area (Å²) in [4.78, 5) is 16.1. The Labute approximate surface area is 225 Å². The van der Waals surface area contributed by atoms with Crippen molar-refractivity contribution in [3.05, 3.63) is 69.7 Å². The second kappa shape index (κ2) is 11.1. The molecule has 5 nitrogen and oxygen atoms in total. The number of likely N-dealkylation sites (tertiary alicyclic amines) is 1. The van der Waals surface area contributed by atoms with Crippen molar-refractivity contribution in [2.75, 3.05) is 26.2 Å². The van der Waals surface area contributed by atoms with E-state index in [1.54, 1.807) is 0 Å². The van der Waals surface area contributed by atoms with Crippen LogP contribution < -0.4 is 10.6 Å². The first-order valence-electron chi connectivity index (χ1n) is 12.8. The number of benzene rings is 2. The highest BCUT2D eigenvalue weighted by atomic mass is 35.5. The van der Waals surface area contributed by atoms with Crippen LogP contribution in [0.2, 0.25) is 10.0 Å². The molecule has 2 aromatic carbocycles. The Morgan fingerprint density at radius 3 is 2.44 bits per heavy atom. The molecule has 2 N–H and O–H groups in total. The van der Waals surface area contributed by atoms with Crippen LogP contribution in [-0.2, 0) is 10.2 Å². The maximum atomic E-state index is 13.7. The van der Waals surface area contributed by atoms with Crippen molar-refractivity contribution >= 4 is 29.1 Å². The van der Waals surface area contributed by atoms with Gasteiger partial charge in [-0.05, 0) is 73.2 Å². The molecule has 0 aromatic heterocycles. The van der Waals surface area contributed by atoms with Crippen molar-refractivity contribution in [2.24, 2.45) is 5.41 Å². The number of rotatable bonds is 7. The zero-order valence-corrected chi connectivity index (χ0v) is 22.9. The number of carbonyl (C=O) groups excluding carboxylic acids is 1. The molecule has 0 saturated carbocycles. The van der Waals surface area contributed by atoms with Gasteiger partial charge in [0.2, 0.25) is 5.91 Å². The predicted octanol–water partition coefficient (Wildman–Crippen LogP) is 5.53. The molecule has 4 atom stereocenters. The third-order valence-corrected chi connectivity index (χ3v) is 7.98. The Morgan fingerprint density at radius 1 is 1.14 bits per heavy atom. The fourth-order valence-electron chi connectivity index (χ4n) is 5.91. The van der Waals surface area contributed by atoms with Gasteiger partial charge in [-0.15, -0.1) is 0 Å². The highest BCUT2D eigenvalue weighted by Gasteiger charge is 2.59. The molecule has 0 aliphatic carbocycles. The minimum atomic E-state index is -0.987. The monoisotopic (exact) mass is 526 g/mol. The largest absolute Gasteiger partial charge is 0.353 e. The van der Waals surface area contributed by atoms with Crippen LogP contribution in [0.1, 0.15) is 57.1 Å². The van der Waals surface area contributed by atoms with Gasteiger partial charge >= 0.3 is 0 Å². The Kier molecular flexibility index (Phi) is 8.32. The molecule has 2 aliphatic heterocycles. The minimum absolute atomic E-state index is 0.0633. The van der Waals surface area contributed by atoms with Crippen LogP contribution in [0.4, 0.5) is 0 Å². The summed E-state index contributed by atoms with van der Waals surface area (Å²) in [5.41, 5.74) is 0.683. The molecule has 1 amide bonds. The standard InChI is InChI=1S/C29H36Cl2N4O/c1-28(2,3)18-24-29(19-32,21-9-11-22(30)12-10-21)25(20-7-6-8-23(31)17-20)26(34-24)27(36)33-13-16-35-14-4-5-15-35/h6-12,17,24-26,34H,4-5,13-16,18H2,1-3H3,(H,33,36). The van der Waals surface area contributed by atoms with Crippen molar-refractivity contribution < 1.29 is 4.79 Å². The van der Waals surface area contributed by atoms with Crippen molar-refractivity contribution in [2.45, 2.75) is 63.5 Å². The van der Waals surface area contributed by atoms with Crippen LogP contribution in [0, 0.1) is 16.7 Å². The molecule has 2 heterocycles. The summed E-state index contributed by atoms with van der Waals surface area (Å²) in [5, 5.41) is 18.9. The number of hydrogen-bond donors (Lipinski definition) is 2. The lowest BCUT2D eigenvalue weighted by molar-refractivity contribution is -0.123. The number of nitrogens with one attached hydrogen (secondary N) is 2. The average molecular weight is 528 g/mol. The van der Waals surface area contributed by atoms with Gasteiger partial charge in [-0.25, -0.2) is 0 Å². The van der Waals surface area contributed by atoms with Crippen LogP contribution in [0.25, 0.3) is 0 Å². The van der Waals surface area contributed by atoms with Gasteiger partial charge in [0.1, 0.15) is 5.41 Å². The number of hydrogen-bond acceptors (Lipinski definition) is 4. The van der Waals surface area contributed by atoms with Gasteiger partial charge in [0.05, 0.1) is 12.1 Å². The van der Waals surface area contributed by atoms with E-state index in [1.807, 2.05) is 48.5 Å². The quantitative estimate of drug-likeness (QED) is 0.497. The van der Waals surface area contributed by atoms with Crippen molar-refractivity contribution in [3.63, 3.8) is 0 Å². The maximum absolute atomic E-state index is 13.7. The average Bonchev–Trinajstić information content (AvgIpc) is 3.45. The molecule has 0 bridgehead atoms. The molecular formula is C29H36Cl2N4O. The second-order valence-electron chi connectivity index (χ2n) is 11.3. The first kappa shape index (κ1) is 26.9. The molecule has 2 aromatic rings. The van der Waals surface area contributed by atoms with Crippen LogP contribution >= 0.6 is 23.2 Å². The Hall–Kier alpha value is -2.10. The van der Waals surface area contributed by atoms with Crippen LogP contribution in [0.15, 0.2) is 48.5 Å². The normalized spacial score (nSPS) is 26.6. The highest BCUT2D eigenvalue weighted by molar-refractivity contribution is 6.30. The number of nitrogens with zero attached hydrogens (tertiary/aromatic N) is 2. The number of carbonyl (C=O) groups is 1. The summed E-state index contributed by atoms with van der Waals surface area (Å²) in [6.07, 6.45) is 3.16. The fourth-order valence-corrected chi connectivity index (χ4v) is 6.24. The van der Waals surface area contributed by atoms with Crippen molar-refractivity contribution in [1.29, 1.82) is 5.26 Å². The fraction of sp³-hybridized carbons (Fsp3) is 0.517. The Balaban J connectivity index is 1.76. The highest BCUT2D eigenvalue weighted by Crippen LogP contribution is 2.51. The van der Waals surface area contributed by atoms with Gasteiger partial charge in [-0.3, -0.25) is 4.79 Å². The number of halogens is 2.